The van der Waals surface area contributed by atoms with Gasteiger partial charge in [-0.3, -0.25) is 0 Å². The predicted octanol–water partition coefficient (Wildman–Crippen LogP) is 3.75. The number of hydrogen-bond donors (Lipinski definition) is 0. The smallest absolute Gasteiger partial charge is 0.182 e. The van der Waals surface area contributed by atoms with Crippen LogP contribution in [0.3, 0.4) is 0 Å². The summed E-state index contributed by atoms with van der Waals surface area (Å²) in [5.41, 5.74) is 5.88. The lowest BCUT2D eigenvalue weighted by molar-refractivity contribution is 0.882. The van der Waals surface area contributed by atoms with Crippen LogP contribution in [0.15, 0.2) is 61.1 Å². The maximum absolute atomic E-state index is 4.73. The van der Waals surface area contributed by atoms with Crippen LogP contribution in [-0.2, 0) is 0 Å². The molecule has 3 aromatic heterocycles. The van der Waals surface area contributed by atoms with Gasteiger partial charge in [0.05, 0.1) is 17.3 Å². The number of fused-ring (bicyclic) bond motifs is 3. The van der Waals surface area contributed by atoms with Gasteiger partial charge in [-0.15, -0.1) is 5.10 Å². The number of rotatable bonds is 2. The molecule has 0 fully saturated rings. The van der Waals surface area contributed by atoms with Crippen molar-refractivity contribution < 1.29 is 0 Å². The monoisotopic (exact) mass is 340 g/mol. The lowest BCUT2D eigenvalue weighted by atomic mass is 10.1. The molecule has 126 valence electrons. The predicted molar refractivity (Wildman–Crippen MR) is 100 cm³/mol. The van der Waals surface area contributed by atoms with Crippen molar-refractivity contribution in [3.63, 3.8) is 0 Å². The van der Waals surface area contributed by atoms with Crippen molar-refractivity contribution in [2.75, 3.05) is 0 Å². The van der Waals surface area contributed by atoms with Crippen LogP contribution in [-0.4, -0.2) is 29.4 Å². The van der Waals surface area contributed by atoms with Crippen molar-refractivity contribution in [3.8, 4) is 17.1 Å². The highest BCUT2D eigenvalue weighted by molar-refractivity contribution is 5.90. The standard InChI is InChI=1S/C20H16N6/c1-13-6-8-16(9-7-13)26-19-17(11-22-26)20-23-18(24-25(20)12-21-19)15-5-3-4-14(2)10-15/h3-12H,1-2H3. The number of nitrogens with zero attached hydrogens (tertiary/aromatic N) is 6. The van der Waals surface area contributed by atoms with Crippen LogP contribution < -0.4 is 0 Å². The van der Waals surface area contributed by atoms with Gasteiger partial charge in [-0.2, -0.15) is 5.10 Å². The first-order valence-corrected chi connectivity index (χ1v) is 8.42. The summed E-state index contributed by atoms with van der Waals surface area (Å²) in [6.45, 7) is 4.13. The van der Waals surface area contributed by atoms with Gasteiger partial charge in [-0.05, 0) is 32.0 Å². The van der Waals surface area contributed by atoms with E-state index in [2.05, 4.69) is 53.3 Å². The largest absolute Gasteiger partial charge is 0.216 e. The first-order chi connectivity index (χ1) is 12.7. The second kappa shape index (κ2) is 5.49. The fourth-order valence-corrected chi connectivity index (χ4v) is 3.10. The number of benzene rings is 2. The second-order valence-corrected chi connectivity index (χ2v) is 6.45. The third-order valence-corrected chi connectivity index (χ3v) is 4.46. The van der Waals surface area contributed by atoms with Gasteiger partial charge < -0.3 is 0 Å². The minimum Gasteiger partial charge on any atom is -0.216 e. The van der Waals surface area contributed by atoms with Crippen molar-refractivity contribution >= 4 is 16.7 Å². The van der Waals surface area contributed by atoms with Crippen molar-refractivity contribution in [1.29, 1.82) is 0 Å². The Balaban J connectivity index is 1.70. The first kappa shape index (κ1) is 14.8. The van der Waals surface area contributed by atoms with E-state index in [1.807, 2.05) is 28.9 Å². The van der Waals surface area contributed by atoms with Gasteiger partial charge in [0, 0.05) is 5.56 Å². The molecule has 3 heterocycles. The third-order valence-electron chi connectivity index (χ3n) is 4.46. The molecule has 2 aromatic carbocycles. The average Bonchev–Trinajstić information content (AvgIpc) is 3.26. The molecule has 5 aromatic rings. The SMILES string of the molecule is Cc1ccc(-n2ncc3c2ncn2nc(-c4cccc(C)c4)nc32)cc1. The fraction of sp³-hybridized carbons (Fsp3) is 0.100. The van der Waals surface area contributed by atoms with Crippen molar-refractivity contribution in [1.82, 2.24) is 29.4 Å². The summed E-state index contributed by atoms with van der Waals surface area (Å²) >= 11 is 0. The van der Waals surface area contributed by atoms with Crippen LogP contribution in [0, 0.1) is 13.8 Å². The molecule has 6 heteroatoms. The molecule has 0 bridgehead atoms. The van der Waals surface area contributed by atoms with E-state index in [-0.39, 0.29) is 0 Å². The summed E-state index contributed by atoms with van der Waals surface area (Å²) in [5, 5.41) is 9.96. The van der Waals surface area contributed by atoms with Gasteiger partial charge in [0.25, 0.3) is 0 Å². The second-order valence-electron chi connectivity index (χ2n) is 6.45. The highest BCUT2D eigenvalue weighted by Crippen LogP contribution is 2.23. The van der Waals surface area contributed by atoms with Crippen molar-refractivity contribution in [2.24, 2.45) is 0 Å². The Kier molecular flexibility index (Phi) is 3.12. The van der Waals surface area contributed by atoms with Crippen LogP contribution in [0.2, 0.25) is 0 Å². The van der Waals surface area contributed by atoms with Crippen LogP contribution >= 0.6 is 0 Å². The molecule has 0 aliphatic heterocycles. The third kappa shape index (κ3) is 2.27. The van der Waals surface area contributed by atoms with Crippen LogP contribution in [0.4, 0.5) is 0 Å². The first-order valence-electron chi connectivity index (χ1n) is 8.42. The lowest BCUT2D eigenvalue weighted by Crippen LogP contribution is -1.98. The van der Waals surface area contributed by atoms with E-state index in [4.69, 9.17) is 4.98 Å². The molecule has 0 saturated heterocycles. The molecular formula is C20H16N6. The molecule has 0 amide bonds. The zero-order chi connectivity index (χ0) is 17.7. The molecule has 5 rings (SSSR count). The van der Waals surface area contributed by atoms with Crippen molar-refractivity contribution in [2.45, 2.75) is 13.8 Å². The molecule has 6 nitrogen and oxygen atoms in total. The van der Waals surface area contributed by atoms with E-state index in [9.17, 15) is 0 Å². The van der Waals surface area contributed by atoms with E-state index in [0.717, 1.165) is 27.9 Å². The summed E-state index contributed by atoms with van der Waals surface area (Å²) in [5.74, 6) is 0.686. The quantitative estimate of drug-likeness (QED) is 0.491. The van der Waals surface area contributed by atoms with Gasteiger partial charge in [0.15, 0.2) is 17.1 Å². The van der Waals surface area contributed by atoms with Crippen molar-refractivity contribution in [3.05, 3.63) is 72.2 Å². The maximum atomic E-state index is 4.73. The number of aryl methyl sites for hydroxylation is 2. The Labute approximate surface area is 149 Å². The van der Waals surface area contributed by atoms with Gasteiger partial charge in [-0.1, -0.05) is 41.5 Å². The average molecular weight is 340 g/mol. The number of hydrogen-bond acceptors (Lipinski definition) is 4. The Morgan fingerprint density at radius 2 is 1.73 bits per heavy atom. The molecule has 0 aliphatic carbocycles. The summed E-state index contributed by atoms with van der Waals surface area (Å²) in [7, 11) is 0. The van der Waals surface area contributed by atoms with Gasteiger partial charge in [-0.25, -0.2) is 19.2 Å². The zero-order valence-electron chi connectivity index (χ0n) is 14.5. The molecule has 0 radical (unpaired) electrons. The minimum atomic E-state index is 0.686. The molecular weight excluding hydrogens is 324 g/mol. The highest BCUT2D eigenvalue weighted by Gasteiger charge is 2.14. The van der Waals surface area contributed by atoms with Crippen LogP contribution in [0.1, 0.15) is 11.1 Å². The van der Waals surface area contributed by atoms with E-state index in [1.165, 1.54) is 11.1 Å². The maximum Gasteiger partial charge on any atom is 0.182 e. The summed E-state index contributed by atoms with van der Waals surface area (Å²) in [4.78, 5) is 9.29. The molecule has 0 N–H and O–H groups in total. The molecule has 0 unspecified atom stereocenters. The summed E-state index contributed by atoms with van der Waals surface area (Å²) in [6, 6.07) is 16.4. The topological polar surface area (TPSA) is 60.9 Å². The Hall–Kier alpha value is -3.54. The van der Waals surface area contributed by atoms with Gasteiger partial charge in [0.2, 0.25) is 0 Å². The Bertz CT molecular complexity index is 1250. The number of aromatic nitrogens is 6. The van der Waals surface area contributed by atoms with Gasteiger partial charge >= 0.3 is 0 Å². The van der Waals surface area contributed by atoms with Gasteiger partial charge in [0.1, 0.15) is 6.33 Å². The molecule has 0 atom stereocenters. The minimum absolute atomic E-state index is 0.686. The van der Waals surface area contributed by atoms with E-state index in [1.54, 1.807) is 17.0 Å². The molecule has 0 spiro atoms. The normalized spacial score (nSPS) is 11.5. The molecule has 0 aliphatic rings. The molecule has 26 heavy (non-hydrogen) atoms. The fourth-order valence-electron chi connectivity index (χ4n) is 3.10. The van der Waals surface area contributed by atoms with E-state index < -0.39 is 0 Å². The van der Waals surface area contributed by atoms with E-state index >= 15 is 0 Å². The highest BCUT2D eigenvalue weighted by atomic mass is 15.3. The summed E-state index contributed by atoms with van der Waals surface area (Å²) in [6.07, 6.45) is 3.49. The zero-order valence-corrected chi connectivity index (χ0v) is 14.5. The summed E-state index contributed by atoms with van der Waals surface area (Å²) < 4.78 is 3.54. The van der Waals surface area contributed by atoms with Crippen LogP contribution in [0.25, 0.3) is 33.8 Å². The molecule has 0 saturated carbocycles. The van der Waals surface area contributed by atoms with Crippen LogP contribution in [0.5, 0.6) is 0 Å². The Morgan fingerprint density at radius 1 is 0.885 bits per heavy atom. The van der Waals surface area contributed by atoms with E-state index in [0.29, 0.717) is 5.82 Å². The Morgan fingerprint density at radius 3 is 2.54 bits per heavy atom. The lowest BCUT2D eigenvalue weighted by Gasteiger charge is -2.03.